The van der Waals surface area contributed by atoms with Crippen molar-refractivity contribution in [1.82, 2.24) is 5.43 Å². The van der Waals surface area contributed by atoms with Crippen LogP contribution < -0.4 is 15.5 Å². The molecule has 0 spiro atoms. The van der Waals surface area contributed by atoms with Gasteiger partial charge in [0.15, 0.2) is 5.11 Å². The van der Waals surface area contributed by atoms with Gasteiger partial charge in [-0.2, -0.15) is 5.10 Å². The molecular weight excluding hydrogens is 394 g/mol. The van der Waals surface area contributed by atoms with Crippen LogP contribution in [0.5, 0.6) is 5.75 Å². The molecule has 0 fully saturated rings. The Labute approximate surface area is 173 Å². The monoisotopic (exact) mass is 409 g/mol. The van der Waals surface area contributed by atoms with Gasteiger partial charge in [-0.25, -0.2) is 4.79 Å². The normalized spacial score (nSPS) is 10.5. The highest BCUT2D eigenvalue weighted by Gasteiger charge is 2.08. The van der Waals surface area contributed by atoms with E-state index in [2.05, 4.69) is 15.8 Å². The van der Waals surface area contributed by atoms with Gasteiger partial charge in [-0.3, -0.25) is 5.43 Å². The molecular formula is C21H16ClN3O2S. The van der Waals surface area contributed by atoms with Gasteiger partial charge in [-0.15, -0.1) is 0 Å². The molecule has 0 heterocycles. The number of rotatable bonds is 5. The summed E-state index contributed by atoms with van der Waals surface area (Å²) in [5.41, 5.74) is 4.77. The zero-order valence-electron chi connectivity index (χ0n) is 14.6. The average Bonchev–Trinajstić information content (AvgIpc) is 2.69. The van der Waals surface area contributed by atoms with Gasteiger partial charge >= 0.3 is 5.97 Å². The number of esters is 1. The summed E-state index contributed by atoms with van der Waals surface area (Å²) < 4.78 is 5.39. The fraction of sp³-hybridized carbons (Fsp3) is 0. The van der Waals surface area contributed by atoms with E-state index in [1.54, 1.807) is 48.7 Å². The van der Waals surface area contributed by atoms with Crippen molar-refractivity contribution in [3.05, 3.63) is 95.0 Å². The molecule has 0 aliphatic rings. The fourth-order valence-electron chi connectivity index (χ4n) is 2.26. The Kier molecular flexibility index (Phi) is 6.73. The number of hydrogen-bond donors (Lipinski definition) is 2. The lowest BCUT2D eigenvalue weighted by Gasteiger charge is -2.07. The number of hydrogen-bond acceptors (Lipinski definition) is 4. The molecule has 0 aromatic heterocycles. The number of ether oxygens (including phenoxy) is 1. The van der Waals surface area contributed by atoms with Gasteiger partial charge in [0, 0.05) is 10.7 Å². The third-order valence-electron chi connectivity index (χ3n) is 3.56. The van der Waals surface area contributed by atoms with Crippen molar-refractivity contribution in [2.45, 2.75) is 0 Å². The first-order valence-electron chi connectivity index (χ1n) is 8.33. The molecule has 0 aliphatic heterocycles. The standard InChI is InChI=1S/C21H16ClN3O2S/c22-17-11-9-16(10-12-17)20(26)27-19-8-4-5-15(13-19)14-23-25-21(28)24-18-6-2-1-3-7-18/h1-14H,(H2,24,25,28)/b23-14-. The number of hydrazone groups is 1. The molecule has 0 saturated heterocycles. The molecule has 0 radical (unpaired) electrons. The maximum atomic E-state index is 12.2. The minimum absolute atomic E-state index is 0.368. The van der Waals surface area contributed by atoms with Crippen molar-refractivity contribution in [2.24, 2.45) is 5.10 Å². The van der Waals surface area contributed by atoms with Crippen LogP contribution in [-0.2, 0) is 0 Å². The summed E-state index contributed by atoms with van der Waals surface area (Å²) in [6.07, 6.45) is 1.58. The molecule has 0 saturated carbocycles. The predicted octanol–water partition coefficient (Wildman–Crippen LogP) is 4.88. The predicted molar refractivity (Wildman–Crippen MR) is 116 cm³/mol. The minimum atomic E-state index is -0.461. The summed E-state index contributed by atoms with van der Waals surface area (Å²) >= 11 is 11.0. The number of halogens is 1. The quantitative estimate of drug-likeness (QED) is 0.207. The first-order chi connectivity index (χ1) is 13.6. The Balaban J connectivity index is 1.56. The molecule has 0 amide bonds. The van der Waals surface area contributed by atoms with Crippen LogP contribution >= 0.6 is 23.8 Å². The molecule has 140 valence electrons. The van der Waals surface area contributed by atoms with E-state index < -0.39 is 5.97 Å². The Morgan fingerprint density at radius 1 is 1.00 bits per heavy atom. The molecule has 0 aliphatic carbocycles. The summed E-state index contributed by atoms with van der Waals surface area (Å²) in [6, 6.07) is 23.0. The zero-order valence-corrected chi connectivity index (χ0v) is 16.2. The van der Waals surface area contributed by atoms with Crippen LogP contribution in [0.1, 0.15) is 15.9 Å². The van der Waals surface area contributed by atoms with E-state index in [0.717, 1.165) is 11.3 Å². The third kappa shape index (κ3) is 5.90. The SMILES string of the molecule is O=C(Oc1cccc(/C=N\NC(=S)Nc2ccccc2)c1)c1ccc(Cl)cc1. The van der Waals surface area contributed by atoms with Gasteiger partial charge in [-0.1, -0.05) is 41.9 Å². The molecule has 3 aromatic rings. The lowest BCUT2D eigenvalue weighted by molar-refractivity contribution is 0.0735. The fourth-order valence-corrected chi connectivity index (χ4v) is 2.55. The molecule has 0 bridgehead atoms. The highest BCUT2D eigenvalue weighted by molar-refractivity contribution is 7.80. The van der Waals surface area contributed by atoms with E-state index in [1.165, 1.54) is 0 Å². The summed E-state index contributed by atoms with van der Waals surface area (Å²) in [6.45, 7) is 0. The maximum Gasteiger partial charge on any atom is 0.343 e. The highest BCUT2D eigenvalue weighted by Crippen LogP contribution is 2.16. The number of benzene rings is 3. The highest BCUT2D eigenvalue weighted by atomic mass is 35.5. The lowest BCUT2D eigenvalue weighted by Crippen LogP contribution is -2.23. The number of carbonyl (C=O) groups excluding carboxylic acids is 1. The molecule has 7 heteroatoms. The maximum absolute atomic E-state index is 12.2. The molecule has 28 heavy (non-hydrogen) atoms. The van der Waals surface area contributed by atoms with Gasteiger partial charge in [0.1, 0.15) is 5.75 Å². The Hall–Kier alpha value is -3.22. The third-order valence-corrected chi connectivity index (χ3v) is 4.01. The van der Waals surface area contributed by atoms with Crippen molar-refractivity contribution in [3.8, 4) is 5.75 Å². The van der Waals surface area contributed by atoms with E-state index >= 15 is 0 Å². The Morgan fingerprint density at radius 2 is 1.75 bits per heavy atom. The molecule has 3 rings (SSSR count). The van der Waals surface area contributed by atoms with Gasteiger partial charge in [0.05, 0.1) is 11.8 Å². The van der Waals surface area contributed by atoms with Crippen molar-refractivity contribution in [3.63, 3.8) is 0 Å². The summed E-state index contributed by atoms with van der Waals surface area (Å²) in [5.74, 6) is -0.0500. The van der Waals surface area contributed by atoms with Gasteiger partial charge in [0.25, 0.3) is 0 Å². The lowest BCUT2D eigenvalue weighted by atomic mass is 10.2. The van der Waals surface area contributed by atoms with Crippen LogP contribution in [0.15, 0.2) is 84.0 Å². The number of carbonyl (C=O) groups is 1. The Morgan fingerprint density at radius 3 is 2.50 bits per heavy atom. The van der Waals surface area contributed by atoms with Crippen molar-refractivity contribution in [2.75, 3.05) is 5.32 Å². The van der Waals surface area contributed by atoms with Crippen LogP contribution in [0.3, 0.4) is 0 Å². The summed E-state index contributed by atoms with van der Waals surface area (Å²) in [5, 5.41) is 8.03. The Bertz CT molecular complexity index is 992. The first kappa shape index (κ1) is 19.5. The van der Waals surface area contributed by atoms with Gasteiger partial charge in [-0.05, 0) is 66.3 Å². The van der Waals surface area contributed by atoms with Crippen LogP contribution in [0.25, 0.3) is 0 Å². The first-order valence-corrected chi connectivity index (χ1v) is 9.12. The topological polar surface area (TPSA) is 62.7 Å². The molecule has 3 aromatic carbocycles. The number of nitrogens with zero attached hydrogens (tertiary/aromatic N) is 1. The van der Waals surface area contributed by atoms with Crippen LogP contribution in [0.4, 0.5) is 5.69 Å². The number of anilines is 1. The second-order valence-corrected chi connectivity index (χ2v) is 6.50. The van der Waals surface area contributed by atoms with E-state index in [9.17, 15) is 4.79 Å². The van der Waals surface area contributed by atoms with Crippen LogP contribution in [-0.4, -0.2) is 17.3 Å². The molecule has 0 unspecified atom stereocenters. The average molecular weight is 410 g/mol. The summed E-state index contributed by atoms with van der Waals surface area (Å²) in [4.78, 5) is 12.2. The van der Waals surface area contributed by atoms with Crippen molar-refractivity contribution in [1.29, 1.82) is 0 Å². The van der Waals surface area contributed by atoms with E-state index in [-0.39, 0.29) is 0 Å². The number of nitrogens with one attached hydrogen (secondary N) is 2. The molecule has 0 atom stereocenters. The largest absolute Gasteiger partial charge is 0.423 e. The van der Waals surface area contributed by atoms with Crippen molar-refractivity contribution < 1.29 is 9.53 Å². The smallest absolute Gasteiger partial charge is 0.343 e. The second-order valence-electron chi connectivity index (χ2n) is 5.66. The summed E-state index contributed by atoms with van der Waals surface area (Å²) in [7, 11) is 0. The number of thiocarbonyl (C=S) groups is 1. The van der Waals surface area contributed by atoms with Crippen molar-refractivity contribution >= 4 is 46.8 Å². The minimum Gasteiger partial charge on any atom is -0.423 e. The van der Waals surface area contributed by atoms with Crippen LogP contribution in [0, 0.1) is 0 Å². The van der Waals surface area contributed by atoms with Crippen LogP contribution in [0.2, 0.25) is 5.02 Å². The zero-order chi connectivity index (χ0) is 19.8. The molecule has 2 N–H and O–H groups in total. The van der Waals surface area contributed by atoms with E-state index in [4.69, 9.17) is 28.6 Å². The molecule has 5 nitrogen and oxygen atoms in total. The van der Waals surface area contributed by atoms with Gasteiger partial charge < -0.3 is 10.1 Å². The van der Waals surface area contributed by atoms with E-state index in [1.807, 2.05) is 36.4 Å². The van der Waals surface area contributed by atoms with E-state index in [0.29, 0.717) is 21.4 Å². The van der Waals surface area contributed by atoms with Gasteiger partial charge in [0.2, 0.25) is 0 Å². The number of para-hydroxylation sites is 1. The second kappa shape index (κ2) is 9.64.